The van der Waals surface area contributed by atoms with Crippen molar-refractivity contribution >= 4 is 52.5 Å². The maximum atomic E-state index is 15.0. The summed E-state index contributed by atoms with van der Waals surface area (Å²) in [4.78, 5) is 105. The minimum atomic E-state index is -2.41. The number of amides is 6. The first-order valence-electron chi connectivity index (χ1n) is 25.9. The van der Waals surface area contributed by atoms with Gasteiger partial charge in [-0.15, -0.1) is 0 Å². The number of hydrogen-bond acceptors (Lipinski definition) is 13. The number of carbonyl (C=O) groups is 7. The monoisotopic (exact) mass is 1080 g/mol. The summed E-state index contributed by atoms with van der Waals surface area (Å²) in [7, 11) is 0. The lowest BCUT2D eigenvalue weighted by atomic mass is 9.87. The highest BCUT2D eigenvalue weighted by Crippen LogP contribution is 2.46. The van der Waals surface area contributed by atoms with Crippen molar-refractivity contribution in [1.82, 2.24) is 36.9 Å². The van der Waals surface area contributed by atoms with Crippen molar-refractivity contribution in [3.8, 4) is 0 Å². The van der Waals surface area contributed by atoms with Crippen LogP contribution in [0.15, 0.2) is 96.2 Å². The van der Waals surface area contributed by atoms with Crippen molar-refractivity contribution in [3.05, 3.63) is 118 Å². The molecule has 2 fully saturated rings. The first-order chi connectivity index (χ1) is 36.8. The molecule has 9 atom stereocenters. The molecule has 3 heterocycles. The Morgan fingerprint density at radius 2 is 1.36 bits per heavy atom. The smallest absolute Gasteiger partial charge is 0.407 e. The summed E-state index contributed by atoms with van der Waals surface area (Å²) in [5.41, 5.74) is 8.68. The summed E-state index contributed by atoms with van der Waals surface area (Å²) in [5.74, 6) is -7.28. The first-order valence-corrected chi connectivity index (χ1v) is 25.9. The Balaban J connectivity index is 1.32. The normalized spacial score (nSPS) is 20.6. The molecule has 2 saturated heterocycles. The number of para-hydroxylation sites is 1. The zero-order valence-electron chi connectivity index (χ0n) is 45.4. The number of carboxylic acid groups (broad SMARTS) is 1. The van der Waals surface area contributed by atoms with Gasteiger partial charge >= 0.3 is 12.1 Å². The van der Waals surface area contributed by atoms with Crippen LogP contribution in [-0.2, 0) is 71.8 Å². The van der Waals surface area contributed by atoms with E-state index in [1.54, 1.807) is 128 Å². The number of hydrogen-bond donors (Lipinski definition) is 8. The van der Waals surface area contributed by atoms with E-state index >= 15 is 4.79 Å². The molecular formula is C55H72N10O13. The Hall–Kier alpha value is -7.56. The molecule has 0 bridgehead atoms. The van der Waals surface area contributed by atoms with Gasteiger partial charge in [-0.3, -0.25) is 24.0 Å². The van der Waals surface area contributed by atoms with Gasteiger partial charge in [0.05, 0.1) is 11.7 Å². The topological polar surface area (TPSA) is 323 Å². The third kappa shape index (κ3) is 16.0. The quantitative estimate of drug-likeness (QED) is 0.0196. The third-order valence-electron chi connectivity index (χ3n) is 12.7. The zero-order valence-corrected chi connectivity index (χ0v) is 45.4. The lowest BCUT2D eigenvalue weighted by Gasteiger charge is -2.33. The van der Waals surface area contributed by atoms with Gasteiger partial charge in [-0.2, -0.15) is 0 Å². The molecular weight excluding hydrogens is 1010 g/mol. The van der Waals surface area contributed by atoms with Crippen LogP contribution in [0.1, 0.15) is 98.3 Å². The van der Waals surface area contributed by atoms with E-state index in [1.807, 2.05) is 18.2 Å². The van der Waals surface area contributed by atoms with Crippen LogP contribution in [0, 0.1) is 0 Å². The number of unbranched alkanes of at least 4 members (excludes halogenated alkanes) is 1. The number of fused-ring (bicyclic) bond motifs is 2. The number of H-pyrrole nitrogens is 1. The van der Waals surface area contributed by atoms with Crippen LogP contribution in [0.2, 0.25) is 0 Å². The van der Waals surface area contributed by atoms with Gasteiger partial charge in [-0.1, -0.05) is 84.0 Å². The predicted molar refractivity (Wildman–Crippen MR) is 285 cm³/mol. The second kappa shape index (κ2) is 25.7. The highest BCUT2D eigenvalue weighted by Gasteiger charge is 2.69. The Morgan fingerprint density at radius 1 is 0.756 bits per heavy atom. The number of benzene rings is 3. The van der Waals surface area contributed by atoms with Crippen molar-refractivity contribution in [2.75, 3.05) is 6.54 Å². The molecule has 420 valence electrons. The minimum absolute atomic E-state index is 0.0318. The number of carbonyl (C=O) groups excluding carboxylic acids is 6. The maximum absolute atomic E-state index is 15.0. The largest absolute Gasteiger partial charge is 0.480 e. The Kier molecular flexibility index (Phi) is 19.7. The average molecular weight is 1080 g/mol. The molecule has 2 aliphatic rings. The fourth-order valence-electron chi connectivity index (χ4n) is 9.26. The lowest BCUT2D eigenvalue weighted by Crippen LogP contribution is -2.63. The fraction of sp³-hybridized carbons (Fsp3) is 0.509. The summed E-state index contributed by atoms with van der Waals surface area (Å²) in [6.45, 7) is 15.1. The minimum Gasteiger partial charge on any atom is -0.480 e. The lowest BCUT2D eigenvalue weighted by molar-refractivity contribution is -0.212. The zero-order chi connectivity index (χ0) is 57.0. The molecule has 23 nitrogen and oxygen atoms in total. The van der Waals surface area contributed by atoms with Gasteiger partial charge in [0, 0.05) is 47.9 Å². The van der Waals surface area contributed by atoms with E-state index in [4.69, 9.17) is 23.7 Å². The number of aromatic nitrogens is 1. The second-order valence-electron chi connectivity index (χ2n) is 21.7. The van der Waals surface area contributed by atoms with Gasteiger partial charge in [-0.05, 0) is 110 Å². The van der Waals surface area contributed by atoms with Crippen molar-refractivity contribution in [3.63, 3.8) is 0 Å². The van der Waals surface area contributed by atoms with Crippen LogP contribution in [0.25, 0.3) is 21.3 Å². The second-order valence-corrected chi connectivity index (χ2v) is 21.7. The summed E-state index contributed by atoms with van der Waals surface area (Å²) in [6.07, 6.45) is -4.52. The number of ether oxygens (including phenoxy) is 5. The molecule has 4 aromatic rings. The SMILES string of the molecule is C[C@@H](OC(C)(C)C)[C@H](NC(=O)[C@H](CCCCNC(=O)OC(C)(C)C)NC(=O)[C@H](Cc1c[nH]c2ccccc12)NC(=O)[C@H](Cc1ccccc1)NC(=O)[C@H]1O[C@@H]2OC(C)(C)O[C@@H]2[C@]1(N=[N+]=[N-])C(=O)NCc1ccccc1)C(=O)O. The number of carboxylic acids is 1. The predicted octanol–water partition coefficient (Wildman–Crippen LogP) is 5.12. The highest BCUT2D eigenvalue weighted by molar-refractivity contribution is 6.00. The van der Waals surface area contributed by atoms with E-state index in [-0.39, 0.29) is 38.8 Å². The summed E-state index contributed by atoms with van der Waals surface area (Å²) < 4.78 is 29.4. The molecule has 78 heavy (non-hydrogen) atoms. The Bertz CT molecular complexity index is 2810. The third-order valence-corrected chi connectivity index (χ3v) is 12.7. The van der Waals surface area contributed by atoms with Gasteiger partial charge in [0.15, 0.2) is 29.8 Å². The average Bonchev–Trinajstić information content (AvgIpc) is 4.19. The molecule has 0 spiro atoms. The number of rotatable bonds is 24. The van der Waals surface area contributed by atoms with Crippen LogP contribution in [0.5, 0.6) is 0 Å². The van der Waals surface area contributed by atoms with Crippen LogP contribution in [0.4, 0.5) is 4.79 Å². The number of nitrogens with zero attached hydrogens (tertiary/aromatic N) is 3. The maximum Gasteiger partial charge on any atom is 0.407 e. The van der Waals surface area contributed by atoms with E-state index in [0.29, 0.717) is 23.1 Å². The van der Waals surface area contributed by atoms with Crippen LogP contribution in [-0.4, -0.2) is 130 Å². The van der Waals surface area contributed by atoms with Crippen molar-refractivity contribution in [2.45, 2.75) is 172 Å². The summed E-state index contributed by atoms with van der Waals surface area (Å²) in [5, 5.41) is 31.2. The van der Waals surface area contributed by atoms with E-state index in [0.717, 1.165) is 10.9 Å². The number of azide groups is 1. The molecule has 0 aliphatic carbocycles. The molecule has 6 amide bonds. The van der Waals surface area contributed by atoms with Gasteiger partial charge in [-0.25, -0.2) is 9.59 Å². The molecule has 0 saturated carbocycles. The fourth-order valence-corrected chi connectivity index (χ4v) is 9.26. The Labute approximate surface area is 452 Å². The molecule has 0 unspecified atom stereocenters. The van der Waals surface area contributed by atoms with Gasteiger partial charge < -0.3 is 65.7 Å². The summed E-state index contributed by atoms with van der Waals surface area (Å²) in [6, 6.07) is 18.9. The van der Waals surface area contributed by atoms with Crippen molar-refractivity contribution < 1.29 is 62.4 Å². The molecule has 23 heteroatoms. The van der Waals surface area contributed by atoms with Crippen LogP contribution in [0.3, 0.4) is 0 Å². The van der Waals surface area contributed by atoms with E-state index in [9.17, 15) is 39.4 Å². The standard InChI is InChI=1S/C55H72N10O13/c1-32(75-52(2,3)4)41(48(70)71)63-44(66)38(26-18-19-27-57-51(73)78-53(5,6)7)60-46(68)40(29-35-31-58-37-25-17-16-24-36(35)37)61-45(67)39(28-33-20-12-10-13-21-33)62-47(69)42-55(64-65-56,43-49(74-42)77-54(8,9)76-43)50(72)59-30-34-22-14-11-15-23-34/h10-17,20-25,31-32,38-43,49,58H,18-19,26-30H2,1-9H3,(H,57,73)(H,59,72)(H,60,68)(H,61,67)(H,62,69)(H,63,66)(H,70,71)/t32-,38+,39+,40+,41+,42-,43+,49-,55+/m1/s1. The van der Waals surface area contributed by atoms with Gasteiger partial charge in [0.2, 0.25) is 23.6 Å². The number of aliphatic carboxylic acids is 1. The molecule has 8 N–H and O–H groups in total. The first kappa shape index (κ1) is 59.7. The molecule has 6 rings (SSSR count). The molecule has 2 aliphatic heterocycles. The van der Waals surface area contributed by atoms with Crippen LogP contribution < -0.4 is 31.9 Å². The highest BCUT2D eigenvalue weighted by atomic mass is 16.8. The van der Waals surface area contributed by atoms with E-state index < -0.39 is 113 Å². The summed E-state index contributed by atoms with van der Waals surface area (Å²) >= 11 is 0. The van der Waals surface area contributed by atoms with Crippen LogP contribution >= 0.6 is 0 Å². The number of aromatic amines is 1. The van der Waals surface area contributed by atoms with Crippen molar-refractivity contribution in [2.24, 2.45) is 5.11 Å². The molecule has 0 radical (unpaired) electrons. The molecule has 3 aromatic carbocycles. The van der Waals surface area contributed by atoms with Crippen molar-refractivity contribution in [1.29, 1.82) is 0 Å². The van der Waals surface area contributed by atoms with E-state index in [1.165, 1.54) is 6.92 Å². The van der Waals surface area contributed by atoms with E-state index in [2.05, 4.69) is 46.9 Å². The number of alkyl carbamates (subject to hydrolysis) is 1. The molecule has 1 aromatic heterocycles. The van der Waals surface area contributed by atoms with Gasteiger partial charge in [0.1, 0.15) is 29.8 Å². The van der Waals surface area contributed by atoms with Gasteiger partial charge in [0.25, 0.3) is 5.91 Å². The number of nitrogens with one attached hydrogen (secondary N) is 7. The Morgan fingerprint density at radius 3 is 1.99 bits per heavy atom.